The fourth-order valence-electron chi connectivity index (χ4n) is 5.58. The Morgan fingerprint density at radius 3 is 1.89 bits per heavy atom. The second-order valence-corrected chi connectivity index (χ2v) is 9.59. The molecule has 1 unspecified atom stereocenters. The lowest BCUT2D eigenvalue weighted by Gasteiger charge is -2.29. The van der Waals surface area contributed by atoms with E-state index in [1.807, 2.05) is 0 Å². The van der Waals surface area contributed by atoms with E-state index in [2.05, 4.69) is 56.3 Å². The zero-order valence-corrected chi connectivity index (χ0v) is 18.1. The maximum Gasteiger partial charge on any atom is -0.0248 e. The van der Waals surface area contributed by atoms with Crippen LogP contribution in [-0.4, -0.2) is 0 Å². The molecule has 1 saturated carbocycles. The maximum absolute atomic E-state index is 2.56. The first-order valence-corrected chi connectivity index (χ1v) is 11.9. The molecular formula is C28H38. The summed E-state index contributed by atoms with van der Waals surface area (Å²) in [4.78, 5) is 0. The van der Waals surface area contributed by atoms with Crippen molar-refractivity contribution in [3.8, 4) is 0 Å². The summed E-state index contributed by atoms with van der Waals surface area (Å²) in [6.07, 6.45) is 14.8. The highest BCUT2D eigenvalue weighted by Gasteiger charge is 2.23. The second-order valence-electron chi connectivity index (χ2n) is 9.59. The van der Waals surface area contributed by atoms with Crippen molar-refractivity contribution < 1.29 is 0 Å². The van der Waals surface area contributed by atoms with Gasteiger partial charge in [0, 0.05) is 0 Å². The Kier molecular flexibility index (Phi) is 6.55. The molecular weight excluding hydrogens is 336 g/mol. The molecule has 0 N–H and O–H groups in total. The molecule has 0 saturated heterocycles. The Bertz CT molecular complexity index is 746. The molecule has 0 radical (unpaired) electrons. The van der Waals surface area contributed by atoms with Gasteiger partial charge in [-0.3, -0.25) is 0 Å². The van der Waals surface area contributed by atoms with Crippen molar-refractivity contribution in [1.82, 2.24) is 0 Å². The number of rotatable bonds is 6. The Balaban J connectivity index is 1.27. The summed E-state index contributed by atoms with van der Waals surface area (Å²) in [7, 11) is 0. The van der Waals surface area contributed by atoms with Crippen LogP contribution < -0.4 is 0 Å². The molecule has 1 atom stereocenters. The maximum atomic E-state index is 2.56. The fourth-order valence-corrected chi connectivity index (χ4v) is 5.58. The van der Waals surface area contributed by atoms with Crippen LogP contribution in [0.25, 0.3) is 0 Å². The highest BCUT2D eigenvalue weighted by molar-refractivity contribution is 5.34. The van der Waals surface area contributed by atoms with E-state index in [1.54, 1.807) is 22.3 Å². The first-order valence-electron chi connectivity index (χ1n) is 11.9. The molecule has 28 heavy (non-hydrogen) atoms. The molecule has 0 aromatic heterocycles. The lowest BCUT2D eigenvalue weighted by molar-refractivity contribution is 0.272. The largest absolute Gasteiger partial charge is 0.0651 e. The average molecular weight is 375 g/mol. The van der Waals surface area contributed by atoms with Crippen LogP contribution in [0.15, 0.2) is 42.5 Å². The molecule has 0 amide bonds. The smallest absolute Gasteiger partial charge is 0.0248 e. The SMILES string of the molecule is CCc1ccc(CC2CCC(Cc3ccc4c(c3)CCC(CC)C4)CC2)cc1. The fraction of sp³-hybridized carbons (Fsp3) is 0.571. The number of benzene rings is 2. The van der Waals surface area contributed by atoms with Crippen LogP contribution in [0.4, 0.5) is 0 Å². The predicted octanol–water partition coefficient (Wildman–Crippen LogP) is 7.36. The minimum Gasteiger partial charge on any atom is -0.0651 e. The molecule has 2 aliphatic carbocycles. The van der Waals surface area contributed by atoms with Crippen LogP contribution >= 0.6 is 0 Å². The van der Waals surface area contributed by atoms with E-state index in [4.69, 9.17) is 0 Å². The molecule has 0 spiro atoms. The standard InChI is InChI=1S/C28H38/c1-3-21-5-7-23(8-6-21)17-24-9-11-25(12-10-24)18-26-14-16-27-19-22(4-2)13-15-28(27)20-26/h5-8,14,16,20,22,24-25H,3-4,9-13,15,17-19H2,1-2H3. The van der Waals surface area contributed by atoms with E-state index in [1.165, 1.54) is 69.8 Å². The van der Waals surface area contributed by atoms with Gasteiger partial charge in [-0.25, -0.2) is 0 Å². The summed E-state index contributed by atoms with van der Waals surface area (Å²) < 4.78 is 0. The molecule has 4 rings (SSSR count). The minimum atomic E-state index is 0.901. The topological polar surface area (TPSA) is 0 Å². The van der Waals surface area contributed by atoms with Gasteiger partial charge in [-0.1, -0.05) is 62.7 Å². The molecule has 1 fully saturated rings. The van der Waals surface area contributed by atoms with Crippen molar-refractivity contribution >= 4 is 0 Å². The van der Waals surface area contributed by atoms with Gasteiger partial charge in [0.15, 0.2) is 0 Å². The molecule has 0 heteroatoms. The summed E-state index contributed by atoms with van der Waals surface area (Å²) in [6, 6.07) is 16.8. The molecule has 2 aliphatic rings. The van der Waals surface area contributed by atoms with Crippen LogP contribution in [-0.2, 0) is 32.1 Å². The minimum absolute atomic E-state index is 0.901. The van der Waals surface area contributed by atoms with Crippen LogP contribution in [0.2, 0.25) is 0 Å². The molecule has 0 nitrogen and oxygen atoms in total. The van der Waals surface area contributed by atoms with Gasteiger partial charge < -0.3 is 0 Å². The van der Waals surface area contributed by atoms with Crippen LogP contribution in [0, 0.1) is 17.8 Å². The summed E-state index contributed by atoms with van der Waals surface area (Å²) in [5, 5.41) is 0. The van der Waals surface area contributed by atoms with Crippen molar-refractivity contribution in [2.75, 3.05) is 0 Å². The monoisotopic (exact) mass is 374 g/mol. The van der Waals surface area contributed by atoms with Crippen molar-refractivity contribution in [3.05, 3.63) is 70.3 Å². The second kappa shape index (κ2) is 9.29. The highest BCUT2D eigenvalue weighted by atomic mass is 14.3. The van der Waals surface area contributed by atoms with Crippen molar-refractivity contribution in [3.63, 3.8) is 0 Å². The summed E-state index contributed by atoms with van der Waals surface area (Å²) >= 11 is 0. The van der Waals surface area contributed by atoms with E-state index in [9.17, 15) is 0 Å². The van der Waals surface area contributed by atoms with Gasteiger partial charge in [0.2, 0.25) is 0 Å². The molecule has 150 valence electrons. The Morgan fingerprint density at radius 2 is 1.25 bits per heavy atom. The zero-order valence-electron chi connectivity index (χ0n) is 18.1. The molecule has 0 bridgehead atoms. The Morgan fingerprint density at radius 1 is 0.643 bits per heavy atom. The highest BCUT2D eigenvalue weighted by Crippen LogP contribution is 2.34. The summed E-state index contributed by atoms with van der Waals surface area (Å²) in [6.45, 7) is 4.58. The number of fused-ring (bicyclic) bond motifs is 1. The molecule has 0 heterocycles. The van der Waals surface area contributed by atoms with Crippen molar-refractivity contribution in [2.45, 2.75) is 84.5 Å². The van der Waals surface area contributed by atoms with Gasteiger partial charge in [0.25, 0.3) is 0 Å². The van der Waals surface area contributed by atoms with Crippen molar-refractivity contribution in [2.24, 2.45) is 17.8 Å². The number of hydrogen-bond acceptors (Lipinski definition) is 0. The zero-order chi connectivity index (χ0) is 19.3. The predicted molar refractivity (Wildman–Crippen MR) is 121 cm³/mol. The number of aryl methyl sites for hydroxylation is 2. The van der Waals surface area contributed by atoms with E-state index in [-0.39, 0.29) is 0 Å². The first kappa shape index (κ1) is 19.7. The quantitative estimate of drug-likeness (QED) is 0.495. The lowest BCUT2D eigenvalue weighted by atomic mass is 9.76. The van der Waals surface area contributed by atoms with Gasteiger partial charge in [-0.15, -0.1) is 0 Å². The summed E-state index contributed by atoms with van der Waals surface area (Å²) in [5.74, 6) is 2.73. The molecule has 0 aliphatic heterocycles. The van der Waals surface area contributed by atoms with Gasteiger partial charge >= 0.3 is 0 Å². The van der Waals surface area contributed by atoms with E-state index >= 15 is 0 Å². The molecule has 2 aromatic rings. The Hall–Kier alpha value is -1.56. The van der Waals surface area contributed by atoms with Crippen LogP contribution in [0.3, 0.4) is 0 Å². The van der Waals surface area contributed by atoms with Gasteiger partial charge in [0.1, 0.15) is 0 Å². The molecule has 2 aromatic carbocycles. The van der Waals surface area contributed by atoms with Crippen LogP contribution in [0.1, 0.15) is 80.2 Å². The Labute approximate surface area is 172 Å². The summed E-state index contributed by atoms with van der Waals surface area (Å²) in [5.41, 5.74) is 7.90. The van der Waals surface area contributed by atoms with Crippen LogP contribution in [0.5, 0.6) is 0 Å². The van der Waals surface area contributed by atoms with Gasteiger partial charge in [-0.05, 0) is 110 Å². The van der Waals surface area contributed by atoms with Crippen molar-refractivity contribution in [1.29, 1.82) is 0 Å². The van der Waals surface area contributed by atoms with E-state index in [0.717, 1.165) is 24.2 Å². The van der Waals surface area contributed by atoms with Gasteiger partial charge in [0.05, 0.1) is 0 Å². The van der Waals surface area contributed by atoms with E-state index in [0.29, 0.717) is 0 Å². The number of hydrogen-bond donors (Lipinski definition) is 0. The van der Waals surface area contributed by atoms with Gasteiger partial charge in [-0.2, -0.15) is 0 Å². The van der Waals surface area contributed by atoms with E-state index < -0.39 is 0 Å². The normalized spacial score (nSPS) is 24.7. The lowest BCUT2D eigenvalue weighted by Crippen LogP contribution is -2.18. The third kappa shape index (κ3) is 4.88. The average Bonchev–Trinajstić information content (AvgIpc) is 2.75. The third-order valence-corrected chi connectivity index (χ3v) is 7.62. The third-order valence-electron chi connectivity index (χ3n) is 7.62. The first-order chi connectivity index (χ1) is 13.7.